The van der Waals surface area contributed by atoms with Gasteiger partial charge in [0, 0.05) is 15.7 Å². The Morgan fingerprint density at radius 1 is 1.07 bits per heavy atom. The number of methoxy groups -OCH3 is 2. The first-order valence-corrected chi connectivity index (χ1v) is 9.52. The summed E-state index contributed by atoms with van der Waals surface area (Å²) in [4.78, 5) is 23.9. The molecule has 2 aromatic carbocycles. The summed E-state index contributed by atoms with van der Waals surface area (Å²) < 4.78 is 16.5. The molecule has 154 valence electrons. The summed E-state index contributed by atoms with van der Waals surface area (Å²) in [5.74, 6) is 0.805. The van der Waals surface area contributed by atoms with E-state index in [0.717, 1.165) is 0 Å². The lowest BCUT2D eigenvalue weighted by Gasteiger charge is -2.09. The van der Waals surface area contributed by atoms with Gasteiger partial charge >= 0.3 is 0 Å². The Morgan fingerprint density at radius 2 is 1.72 bits per heavy atom. The summed E-state index contributed by atoms with van der Waals surface area (Å²) in [6.45, 7) is 2.45. The van der Waals surface area contributed by atoms with Gasteiger partial charge < -0.3 is 19.5 Å². The Labute approximate surface area is 177 Å². The highest BCUT2D eigenvalue weighted by Gasteiger charge is 2.10. The van der Waals surface area contributed by atoms with E-state index in [2.05, 4.69) is 31.8 Å². The number of hydrazone groups is 1. The zero-order valence-electron chi connectivity index (χ0n) is 16.3. The maximum absolute atomic E-state index is 12.0. The number of carbonyl (C=O) groups is 2. The Hall–Kier alpha value is -3.07. The van der Waals surface area contributed by atoms with Crippen molar-refractivity contribution < 1.29 is 23.8 Å². The number of anilines is 1. The molecule has 0 aromatic heterocycles. The van der Waals surface area contributed by atoms with Gasteiger partial charge in [-0.15, -0.1) is 0 Å². The smallest absolute Gasteiger partial charge is 0.249 e. The van der Waals surface area contributed by atoms with Gasteiger partial charge in [-0.1, -0.05) is 0 Å². The molecule has 0 spiro atoms. The van der Waals surface area contributed by atoms with Crippen molar-refractivity contribution in [3.63, 3.8) is 0 Å². The second-order valence-electron chi connectivity index (χ2n) is 5.70. The van der Waals surface area contributed by atoms with E-state index in [1.807, 2.05) is 6.92 Å². The van der Waals surface area contributed by atoms with Gasteiger partial charge in [-0.05, 0) is 59.3 Å². The standard InChI is InChI=1S/C20H22BrN3O5/c1-4-29-15-7-5-14(6-8-15)23-19(25)11-20(26)24-22-12-13-9-17(27-2)18(28-3)10-16(13)21/h5-10,12H,4,11H2,1-3H3,(H,23,25)(H,24,26). The van der Waals surface area contributed by atoms with E-state index in [4.69, 9.17) is 14.2 Å². The maximum Gasteiger partial charge on any atom is 0.249 e. The van der Waals surface area contributed by atoms with Crippen LogP contribution in [0.1, 0.15) is 18.9 Å². The van der Waals surface area contributed by atoms with Gasteiger partial charge in [0.1, 0.15) is 12.2 Å². The van der Waals surface area contributed by atoms with Crippen molar-refractivity contribution in [2.45, 2.75) is 13.3 Å². The molecule has 29 heavy (non-hydrogen) atoms. The fourth-order valence-electron chi connectivity index (χ4n) is 2.33. The summed E-state index contributed by atoms with van der Waals surface area (Å²) in [6.07, 6.45) is 1.08. The van der Waals surface area contributed by atoms with Crippen LogP contribution in [-0.4, -0.2) is 38.9 Å². The monoisotopic (exact) mass is 463 g/mol. The highest BCUT2D eigenvalue weighted by Crippen LogP contribution is 2.32. The third-order valence-electron chi connectivity index (χ3n) is 3.67. The third kappa shape index (κ3) is 6.79. The van der Waals surface area contributed by atoms with Gasteiger partial charge in [0.15, 0.2) is 11.5 Å². The molecule has 0 aliphatic carbocycles. The van der Waals surface area contributed by atoms with Crippen molar-refractivity contribution in [2.75, 3.05) is 26.1 Å². The van der Waals surface area contributed by atoms with Crippen LogP contribution in [0.2, 0.25) is 0 Å². The molecule has 0 atom stereocenters. The fourth-order valence-corrected chi connectivity index (χ4v) is 2.76. The zero-order valence-corrected chi connectivity index (χ0v) is 17.9. The topological polar surface area (TPSA) is 98.2 Å². The zero-order chi connectivity index (χ0) is 21.2. The Balaban J connectivity index is 1.88. The van der Waals surface area contributed by atoms with Crippen LogP contribution in [-0.2, 0) is 9.59 Å². The minimum absolute atomic E-state index is 0.363. The number of nitrogens with one attached hydrogen (secondary N) is 2. The van der Waals surface area contributed by atoms with Crippen LogP contribution in [0.5, 0.6) is 17.2 Å². The van der Waals surface area contributed by atoms with E-state index >= 15 is 0 Å². The fraction of sp³-hybridized carbons (Fsp3) is 0.250. The van der Waals surface area contributed by atoms with E-state index in [0.29, 0.717) is 39.6 Å². The predicted molar refractivity (Wildman–Crippen MR) is 114 cm³/mol. The Bertz CT molecular complexity index is 884. The van der Waals surface area contributed by atoms with Gasteiger partial charge in [0.25, 0.3) is 0 Å². The number of amides is 2. The van der Waals surface area contributed by atoms with Gasteiger partial charge in [-0.2, -0.15) is 5.10 Å². The molecule has 0 saturated carbocycles. The van der Waals surface area contributed by atoms with E-state index in [1.165, 1.54) is 20.4 Å². The average molecular weight is 464 g/mol. The molecule has 9 heteroatoms. The normalized spacial score (nSPS) is 10.5. The number of ether oxygens (including phenoxy) is 3. The quantitative estimate of drug-likeness (QED) is 0.337. The van der Waals surface area contributed by atoms with Crippen molar-refractivity contribution in [3.8, 4) is 17.2 Å². The van der Waals surface area contributed by atoms with Crippen molar-refractivity contribution in [3.05, 3.63) is 46.4 Å². The van der Waals surface area contributed by atoms with Crippen LogP contribution in [0.15, 0.2) is 46.0 Å². The van der Waals surface area contributed by atoms with Crippen LogP contribution in [0.25, 0.3) is 0 Å². The Morgan fingerprint density at radius 3 is 2.34 bits per heavy atom. The molecule has 2 aromatic rings. The summed E-state index contributed by atoms with van der Waals surface area (Å²) >= 11 is 3.40. The Kier molecular flexibility index (Phi) is 8.47. The molecule has 8 nitrogen and oxygen atoms in total. The maximum atomic E-state index is 12.0. The van der Waals surface area contributed by atoms with Crippen LogP contribution >= 0.6 is 15.9 Å². The van der Waals surface area contributed by atoms with E-state index in [9.17, 15) is 9.59 Å². The van der Waals surface area contributed by atoms with Crippen molar-refractivity contribution in [1.82, 2.24) is 5.43 Å². The number of carbonyl (C=O) groups excluding carboxylic acids is 2. The van der Waals surface area contributed by atoms with Crippen LogP contribution in [0.4, 0.5) is 5.69 Å². The van der Waals surface area contributed by atoms with Crippen molar-refractivity contribution in [2.24, 2.45) is 5.10 Å². The highest BCUT2D eigenvalue weighted by atomic mass is 79.9. The number of hydrogen-bond donors (Lipinski definition) is 2. The lowest BCUT2D eigenvalue weighted by atomic mass is 10.2. The lowest BCUT2D eigenvalue weighted by molar-refractivity contribution is -0.126. The first-order chi connectivity index (χ1) is 14.0. The molecule has 0 radical (unpaired) electrons. The number of hydrogen-bond acceptors (Lipinski definition) is 6. The van der Waals surface area contributed by atoms with Crippen molar-refractivity contribution >= 4 is 39.6 Å². The number of benzene rings is 2. The molecular weight excluding hydrogens is 442 g/mol. The van der Waals surface area contributed by atoms with Gasteiger partial charge in [0.2, 0.25) is 11.8 Å². The molecule has 0 bridgehead atoms. The summed E-state index contributed by atoms with van der Waals surface area (Å²) in [7, 11) is 3.06. The molecule has 2 N–H and O–H groups in total. The number of rotatable bonds is 9. The molecule has 0 aliphatic heterocycles. The van der Waals surface area contributed by atoms with Crippen LogP contribution < -0.4 is 25.0 Å². The number of nitrogens with zero attached hydrogens (tertiary/aromatic N) is 1. The van der Waals surface area contributed by atoms with E-state index < -0.39 is 11.8 Å². The van der Waals surface area contributed by atoms with Gasteiger partial charge in [-0.25, -0.2) is 5.43 Å². The summed E-state index contributed by atoms with van der Waals surface area (Å²) in [5, 5.41) is 6.52. The largest absolute Gasteiger partial charge is 0.494 e. The third-order valence-corrected chi connectivity index (χ3v) is 4.35. The van der Waals surface area contributed by atoms with Crippen molar-refractivity contribution in [1.29, 1.82) is 0 Å². The molecule has 2 rings (SSSR count). The van der Waals surface area contributed by atoms with E-state index in [1.54, 1.807) is 36.4 Å². The molecule has 2 amide bonds. The molecule has 0 aliphatic rings. The summed E-state index contributed by atoms with van der Waals surface area (Å²) in [5.41, 5.74) is 3.57. The summed E-state index contributed by atoms with van der Waals surface area (Å²) in [6, 6.07) is 10.3. The molecule has 0 heterocycles. The van der Waals surface area contributed by atoms with E-state index in [-0.39, 0.29) is 6.42 Å². The molecular formula is C20H22BrN3O5. The predicted octanol–water partition coefficient (Wildman–Crippen LogP) is 3.34. The minimum Gasteiger partial charge on any atom is -0.494 e. The molecule has 0 fully saturated rings. The minimum atomic E-state index is -0.540. The van der Waals surface area contributed by atoms with Crippen LogP contribution in [0, 0.1) is 0 Å². The van der Waals surface area contributed by atoms with Crippen LogP contribution in [0.3, 0.4) is 0 Å². The lowest BCUT2D eigenvalue weighted by Crippen LogP contribution is -2.24. The number of halogens is 1. The first kappa shape index (κ1) is 22.2. The molecule has 0 unspecified atom stereocenters. The van der Waals surface area contributed by atoms with Gasteiger partial charge in [0.05, 0.1) is 27.0 Å². The second kappa shape index (κ2) is 11.1. The first-order valence-electron chi connectivity index (χ1n) is 8.73. The second-order valence-corrected chi connectivity index (χ2v) is 6.56. The van der Waals surface area contributed by atoms with Gasteiger partial charge in [-0.3, -0.25) is 9.59 Å². The highest BCUT2D eigenvalue weighted by molar-refractivity contribution is 9.10. The SMILES string of the molecule is CCOc1ccc(NC(=O)CC(=O)NN=Cc2cc(OC)c(OC)cc2Br)cc1. The average Bonchev–Trinajstić information content (AvgIpc) is 2.70. The molecule has 0 saturated heterocycles.